The minimum absolute atomic E-state index is 0.174. The fourth-order valence-electron chi connectivity index (χ4n) is 2.03. The van der Waals surface area contributed by atoms with Gasteiger partial charge in [0.1, 0.15) is 18.4 Å². The molecule has 2 unspecified atom stereocenters. The van der Waals surface area contributed by atoms with Gasteiger partial charge >= 0.3 is 5.69 Å². The number of ether oxygens (including phenoxy) is 1. The van der Waals surface area contributed by atoms with Gasteiger partial charge in [-0.2, -0.15) is 14.3 Å². The Morgan fingerprint density at radius 3 is 2.83 bits per heavy atom. The molecular formula is C10H16N3O5+. The Morgan fingerprint density at radius 2 is 2.33 bits per heavy atom. The van der Waals surface area contributed by atoms with E-state index in [0.29, 0.717) is 0 Å². The first-order chi connectivity index (χ1) is 8.37. The third-order valence-electron chi connectivity index (χ3n) is 3.09. The molecule has 2 heterocycles. The van der Waals surface area contributed by atoms with E-state index in [9.17, 15) is 15.0 Å². The lowest BCUT2D eigenvalue weighted by atomic mass is 9.96. The molecule has 1 saturated heterocycles. The highest BCUT2D eigenvalue weighted by molar-refractivity contribution is 5.21. The summed E-state index contributed by atoms with van der Waals surface area (Å²) >= 11 is 0. The summed E-state index contributed by atoms with van der Waals surface area (Å²) in [6.07, 6.45) is -2.00. The summed E-state index contributed by atoms with van der Waals surface area (Å²) in [5.41, 5.74) is 3.14. The maximum Gasteiger partial charge on any atom is 0.499 e. The largest absolute Gasteiger partial charge is 0.499 e. The normalized spacial score (nSPS) is 35.9. The lowest BCUT2D eigenvalue weighted by molar-refractivity contribution is -0.786. The van der Waals surface area contributed by atoms with Crippen LogP contribution in [0.1, 0.15) is 13.2 Å². The summed E-state index contributed by atoms with van der Waals surface area (Å²) in [6, 6.07) is 1.43. The Bertz CT molecular complexity index is 501. The summed E-state index contributed by atoms with van der Waals surface area (Å²) in [4.78, 5) is 14.1. The van der Waals surface area contributed by atoms with E-state index in [1.165, 1.54) is 19.2 Å². The third kappa shape index (κ3) is 1.89. The summed E-state index contributed by atoms with van der Waals surface area (Å²) in [7, 11) is 0. The molecule has 8 nitrogen and oxygen atoms in total. The van der Waals surface area contributed by atoms with E-state index in [2.05, 4.69) is 4.98 Å². The number of anilines is 1. The van der Waals surface area contributed by atoms with Crippen LogP contribution in [0.2, 0.25) is 0 Å². The van der Waals surface area contributed by atoms with Crippen molar-refractivity contribution >= 4 is 5.82 Å². The van der Waals surface area contributed by atoms with Crippen molar-refractivity contribution in [3.63, 3.8) is 0 Å². The van der Waals surface area contributed by atoms with E-state index in [1.807, 2.05) is 0 Å². The van der Waals surface area contributed by atoms with Crippen LogP contribution >= 0.6 is 0 Å². The second-order valence-corrected chi connectivity index (χ2v) is 4.49. The molecule has 1 fully saturated rings. The predicted molar refractivity (Wildman–Crippen MR) is 59.3 cm³/mol. The minimum Gasteiger partial charge on any atom is -0.394 e. The monoisotopic (exact) mass is 258 g/mol. The van der Waals surface area contributed by atoms with Gasteiger partial charge in [-0.3, -0.25) is 0 Å². The number of aliphatic hydroxyl groups is 3. The number of nitrogen functional groups attached to an aromatic ring is 1. The van der Waals surface area contributed by atoms with Crippen LogP contribution in [-0.2, 0) is 4.74 Å². The van der Waals surface area contributed by atoms with Crippen molar-refractivity contribution in [2.45, 2.75) is 31.0 Å². The molecule has 1 aliphatic rings. The molecule has 8 heteroatoms. The van der Waals surface area contributed by atoms with Gasteiger partial charge in [-0.15, -0.1) is 0 Å². The molecule has 0 aliphatic carbocycles. The van der Waals surface area contributed by atoms with Crippen LogP contribution in [-0.4, -0.2) is 44.7 Å². The number of nitrogens with one attached hydrogen (secondary N) is 1. The molecule has 0 aromatic carbocycles. The Balaban J connectivity index is 2.42. The zero-order valence-electron chi connectivity index (χ0n) is 9.78. The number of hydrogen-bond donors (Lipinski definition) is 5. The van der Waals surface area contributed by atoms with Gasteiger partial charge in [-0.05, 0) is 6.92 Å². The number of nitrogens with zero attached hydrogens (tertiary/aromatic N) is 1. The molecule has 0 amide bonds. The van der Waals surface area contributed by atoms with Gasteiger partial charge in [0, 0.05) is 6.07 Å². The van der Waals surface area contributed by atoms with Gasteiger partial charge < -0.3 is 25.8 Å². The van der Waals surface area contributed by atoms with E-state index in [1.54, 1.807) is 0 Å². The molecule has 18 heavy (non-hydrogen) atoms. The Morgan fingerprint density at radius 1 is 1.67 bits per heavy atom. The fraction of sp³-hybridized carbons (Fsp3) is 0.600. The number of hydrogen-bond acceptors (Lipinski definition) is 6. The lowest BCUT2D eigenvalue weighted by Crippen LogP contribution is -2.61. The summed E-state index contributed by atoms with van der Waals surface area (Å²) < 4.78 is 6.38. The molecular weight excluding hydrogens is 242 g/mol. The highest BCUT2D eigenvalue weighted by atomic mass is 16.6. The Kier molecular flexibility index (Phi) is 3.11. The molecule has 0 spiro atoms. The standard InChI is InChI=1S/C10H15N3O5/c1-10(17)7(15)5(4-14)18-8(10)13-3-2-6(11)12-9(13)16/h2-3,5,7-8,14-15,17H,4H2,1H3,(H2,11,12,16)/p+1/t5-,7?,8-,10?/m1/s1. The fourth-order valence-corrected chi connectivity index (χ4v) is 2.03. The third-order valence-corrected chi connectivity index (χ3v) is 3.09. The first-order valence-corrected chi connectivity index (χ1v) is 5.44. The topological polar surface area (TPSA) is 133 Å². The average Bonchev–Trinajstić information content (AvgIpc) is 2.52. The van der Waals surface area contributed by atoms with Crippen LogP contribution in [0.25, 0.3) is 0 Å². The van der Waals surface area contributed by atoms with Crippen molar-refractivity contribution in [3.8, 4) is 0 Å². The second kappa shape index (κ2) is 4.32. The lowest BCUT2D eigenvalue weighted by Gasteiger charge is -2.23. The number of aromatic nitrogens is 2. The minimum atomic E-state index is -1.69. The van der Waals surface area contributed by atoms with Gasteiger partial charge in [0.2, 0.25) is 6.23 Å². The van der Waals surface area contributed by atoms with Crippen molar-refractivity contribution in [2.24, 2.45) is 0 Å². The second-order valence-electron chi connectivity index (χ2n) is 4.49. The number of aromatic amines is 1. The van der Waals surface area contributed by atoms with E-state index in [-0.39, 0.29) is 5.82 Å². The number of nitrogens with two attached hydrogens (primary N) is 1. The first kappa shape index (κ1) is 13.0. The Labute approximate surface area is 102 Å². The molecule has 4 atom stereocenters. The average molecular weight is 258 g/mol. The van der Waals surface area contributed by atoms with Gasteiger partial charge in [0.25, 0.3) is 0 Å². The molecule has 0 radical (unpaired) electrons. The number of rotatable bonds is 2. The van der Waals surface area contributed by atoms with Crippen LogP contribution in [0, 0.1) is 0 Å². The maximum atomic E-state index is 11.7. The quantitative estimate of drug-likeness (QED) is 0.365. The van der Waals surface area contributed by atoms with E-state index in [0.717, 1.165) is 4.57 Å². The number of aliphatic hydroxyl groups excluding tert-OH is 2. The molecule has 1 aromatic heterocycles. The smallest absolute Gasteiger partial charge is 0.394 e. The van der Waals surface area contributed by atoms with E-state index < -0.39 is 36.3 Å². The van der Waals surface area contributed by atoms with Crippen LogP contribution in [0.3, 0.4) is 0 Å². The van der Waals surface area contributed by atoms with Crippen LogP contribution in [0.15, 0.2) is 17.1 Å². The highest BCUT2D eigenvalue weighted by Gasteiger charge is 2.55. The van der Waals surface area contributed by atoms with E-state index in [4.69, 9.17) is 15.6 Å². The molecule has 1 aromatic rings. The first-order valence-electron chi connectivity index (χ1n) is 5.44. The van der Waals surface area contributed by atoms with Gasteiger partial charge in [0.05, 0.1) is 6.61 Å². The van der Waals surface area contributed by atoms with E-state index >= 15 is 0 Å². The molecule has 2 rings (SSSR count). The van der Waals surface area contributed by atoms with Crippen molar-refractivity contribution in [1.82, 2.24) is 4.98 Å². The molecule has 100 valence electrons. The highest BCUT2D eigenvalue weighted by Crippen LogP contribution is 2.34. The summed E-state index contributed by atoms with van der Waals surface area (Å²) in [6.45, 7) is 0.877. The predicted octanol–water partition coefficient (Wildman–Crippen LogP) is -2.75. The van der Waals surface area contributed by atoms with Crippen LogP contribution in [0.5, 0.6) is 0 Å². The van der Waals surface area contributed by atoms with Gasteiger partial charge in [0.15, 0.2) is 11.4 Å². The Hall–Kier alpha value is -1.48. The SMILES string of the molecule is CC1(O)C(O)[C@@H](CO)O[C@H]1[n+]1ccc(N)[nH]c1=O. The summed E-state index contributed by atoms with van der Waals surface area (Å²) in [5.74, 6) is 0.174. The zero-order chi connectivity index (χ0) is 13.5. The van der Waals surface area contributed by atoms with Gasteiger partial charge in [-0.25, -0.2) is 0 Å². The van der Waals surface area contributed by atoms with Crippen molar-refractivity contribution in [3.05, 3.63) is 22.7 Å². The molecule has 1 aliphatic heterocycles. The van der Waals surface area contributed by atoms with Crippen LogP contribution in [0.4, 0.5) is 5.82 Å². The zero-order valence-corrected chi connectivity index (χ0v) is 9.78. The van der Waals surface area contributed by atoms with Crippen molar-refractivity contribution in [1.29, 1.82) is 0 Å². The van der Waals surface area contributed by atoms with Gasteiger partial charge in [-0.1, -0.05) is 0 Å². The molecule has 6 N–H and O–H groups in total. The van der Waals surface area contributed by atoms with Crippen LogP contribution < -0.4 is 16.0 Å². The molecule has 0 bridgehead atoms. The summed E-state index contributed by atoms with van der Waals surface area (Å²) in [5, 5.41) is 29.0. The number of H-pyrrole nitrogens is 1. The maximum absolute atomic E-state index is 11.7. The van der Waals surface area contributed by atoms with Crippen molar-refractivity contribution < 1.29 is 24.6 Å². The molecule has 0 saturated carbocycles. The van der Waals surface area contributed by atoms with Crippen molar-refractivity contribution in [2.75, 3.05) is 12.3 Å².